The number of esters is 1. The highest BCUT2D eigenvalue weighted by Crippen LogP contribution is 2.40. The largest absolute Gasteiger partial charge is 0.493 e. The number of rotatable bonds is 5. The summed E-state index contributed by atoms with van der Waals surface area (Å²) < 4.78 is 15.6. The van der Waals surface area contributed by atoms with Gasteiger partial charge in [-0.15, -0.1) is 0 Å². The molecule has 1 amide bonds. The van der Waals surface area contributed by atoms with Crippen molar-refractivity contribution in [2.75, 3.05) is 27.9 Å². The molecule has 0 bridgehead atoms. The van der Waals surface area contributed by atoms with E-state index >= 15 is 0 Å². The number of carbonyl (C=O) groups is 2. The molecule has 0 fully saturated rings. The maximum Gasteiger partial charge on any atom is 0.307 e. The summed E-state index contributed by atoms with van der Waals surface area (Å²) in [7, 11) is 4.44. The molecule has 0 radical (unpaired) electrons. The molecule has 2 aromatic rings. The molecule has 1 aliphatic heterocycles. The average molecular weight is 405 g/mol. The predicted octanol–water partition coefficient (Wildman–Crippen LogP) is 3.05. The first-order valence-corrected chi connectivity index (χ1v) is 9.10. The van der Waals surface area contributed by atoms with Crippen LogP contribution in [0.4, 0.5) is 0 Å². The number of hydrogen-bond acceptors (Lipinski definition) is 6. The van der Waals surface area contributed by atoms with Gasteiger partial charge in [0.1, 0.15) is 5.69 Å². The van der Waals surface area contributed by atoms with Gasteiger partial charge in [-0.05, 0) is 41.8 Å². The van der Waals surface area contributed by atoms with Gasteiger partial charge in [-0.3, -0.25) is 14.6 Å². The number of ether oxygens (including phenoxy) is 3. The van der Waals surface area contributed by atoms with Crippen molar-refractivity contribution < 1.29 is 23.8 Å². The lowest BCUT2D eigenvalue weighted by Gasteiger charge is -2.37. The quantitative estimate of drug-likeness (QED) is 0.713. The molecule has 1 atom stereocenters. The number of amides is 1. The Hall–Kier alpha value is -2.80. The van der Waals surface area contributed by atoms with Crippen molar-refractivity contribution >= 4 is 23.5 Å². The molecule has 1 aliphatic rings. The summed E-state index contributed by atoms with van der Waals surface area (Å²) in [5.74, 6) is 0.432. The third kappa shape index (κ3) is 3.89. The molecule has 7 nitrogen and oxygen atoms in total. The summed E-state index contributed by atoms with van der Waals surface area (Å²) in [5.41, 5.74) is 2.05. The number of halogens is 1. The van der Waals surface area contributed by atoms with Crippen LogP contribution >= 0.6 is 11.6 Å². The molecule has 8 heteroatoms. The molecule has 1 aromatic carbocycles. The molecule has 2 heterocycles. The molecule has 0 aliphatic carbocycles. The van der Waals surface area contributed by atoms with Crippen LogP contribution in [0.15, 0.2) is 30.5 Å². The Kier molecular flexibility index (Phi) is 6.04. The second kappa shape index (κ2) is 8.48. The first-order chi connectivity index (χ1) is 13.5. The summed E-state index contributed by atoms with van der Waals surface area (Å²) in [6.45, 7) is 0.428. The highest BCUT2D eigenvalue weighted by molar-refractivity contribution is 6.30. The molecular weight excluding hydrogens is 384 g/mol. The normalized spacial score (nSPS) is 15.6. The molecule has 0 saturated heterocycles. The van der Waals surface area contributed by atoms with Crippen LogP contribution in [0.5, 0.6) is 11.5 Å². The minimum Gasteiger partial charge on any atom is -0.493 e. The van der Waals surface area contributed by atoms with Gasteiger partial charge in [-0.2, -0.15) is 0 Å². The van der Waals surface area contributed by atoms with E-state index < -0.39 is 12.0 Å². The van der Waals surface area contributed by atoms with Crippen LogP contribution in [0.1, 0.15) is 34.1 Å². The van der Waals surface area contributed by atoms with Gasteiger partial charge in [0.15, 0.2) is 11.5 Å². The number of hydrogen-bond donors (Lipinski definition) is 0. The Morgan fingerprint density at radius 3 is 2.54 bits per heavy atom. The molecule has 3 rings (SSSR count). The number of methoxy groups -OCH3 is 3. The van der Waals surface area contributed by atoms with Gasteiger partial charge in [-0.25, -0.2) is 0 Å². The van der Waals surface area contributed by atoms with E-state index in [-0.39, 0.29) is 18.0 Å². The van der Waals surface area contributed by atoms with Crippen molar-refractivity contribution in [3.63, 3.8) is 0 Å². The zero-order valence-electron chi connectivity index (χ0n) is 15.9. The van der Waals surface area contributed by atoms with Crippen molar-refractivity contribution in [3.05, 3.63) is 52.3 Å². The van der Waals surface area contributed by atoms with E-state index in [1.165, 1.54) is 19.4 Å². The van der Waals surface area contributed by atoms with Gasteiger partial charge >= 0.3 is 5.97 Å². The van der Waals surface area contributed by atoms with Gasteiger partial charge in [0.25, 0.3) is 5.91 Å². The number of aromatic nitrogens is 1. The van der Waals surface area contributed by atoms with Crippen LogP contribution in [0.25, 0.3) is 0 Å². The minimum absolute atomic E-state index is 0.0191. The van der Waals surface area contributed by atoms with Crippen molar-refractivity contribution in [3.8, 4) is 11.5 Å². The summed E-state index contributed by atoms with van der Waals surface area (Å²) in [5, 5.41) is 0.423. The van der Waals surface area contributed by atoms with E-state index in [9.17, 15) is 9.59 Å². The van der Waals surface area contributed by atoms with Crippen LogP contribution in [0.3, 0.4) is 0 Å². The molecule has 28 heavy (non-hydrogen) atoms. The first kappa shape index (κ1) is 19.9. The van der Waals surface area contributed by atoms with Crippen LogP contribution < -0.4 is 9.47 Å². The van der Waals surface area contributed by atoms with E-state index in [0.717, 1.165) is 11.1 Å². The summed E-state index contributed by atoms with van der Waals surface area (Å²) in [6, 6.07) is 6.31. The van der Waals surface area contributed by atoms with Crippen molar-refractivity contribution in [1.82, 2.24) is 9.88 Å². The number of nitrogens with zero attached hydrogens (tertiary/aromatic N) is 2. The van der Waals surface area contributed by atoms with Crippen molar-refractivity contribution in [2.45, 2.75) is 18.9 Å². The fraction of sp³-hybridized carbons (Fsp3) is 0.350. The van der Waals surface area contributed by atoms with Crippen LogP contribution in [0.2, 0.25) is 5.02 Å². The van der Waals surface area contributed by atoms with Crippen molar-refractivity contribution in [2.24, 2.45) is 0 Å². The molecule has 0 saturated carbocycles. The lowest BCUT2D eigenvalue weighted by molar-refractivity contribution is -0.141. The maximum atomic E-state index is 13.1. The number of pyridine rings is 1. The first-order valence-electron chi connectivity index (χ1n) is 8.72. The molecular formula is C20H21ClN2O5. The Balaban J connectivity index is 2.04. The zero-order valence-corrected chi connectivity index (χ0v) is 16.7. The fourth-order valence-corrected chi connectivity index (χ4v) is 3.56. The lowest BCUT2D eigenvalue weighted by atomic mass is 9.89. The van der Waals surface area contributed by atoms with Gasteiger partial charge in [0, 0.05) is 17.8 Å². The smallest absolute Gasteiger partial charge is 0.307 e. The Morgan fingerprint density at radius 2 is 1.89 bits per heavy atom. The SMILES string of the molecule is COC(=O)C[C@@H]1c2cc(OC)c(OC)cc2CCN1C(=O)c1cc(Cl)ccn1. The molecule has 1 aromatic heterocycles. The molecule has 148 valence electrons. The van der Waals surface area contributed by atoms with E-state index in [2.05, 4.69) is 4.98 Å². The van der Waals surface area contributed by atoms with Gasteiger partial charge in [0.2, 0.25) is 0 Å². The molecule has 0 N–H and O–H groups in total. The van der Waals surface area contributed by atoms with Crippen LogP contribution in [-0.4, -0.2) is 49.6 Å². The molecule has 0 unspecified atom stereocenters. The minimum atomic E-state index is -0.510. The standard InChI is InChI=1S/C20H21ClN2O5/c1-26-17-8-12-5-7-23(20(25)15-9-13(21)4-6-22-15)16(11-19(24)28-3)14(12)10-18(17)27-2/h4,6,8-10,16H,5,7,11H2,1-3H3/t16-/m1/s1. The summed E-state index contributed by atoms with van der Waals surface area (Å²) >= 11 is 6.01. The highest BCUT2D eigenvalue weighted by Gasteiger charge is 2.35. The van der Waals surface area contributed by atoms with E-state index in [1.807, 2.05) is 12.1 Å². The van der Waals surface area contributed by atoms with Gasteiger partial charge < -0.3 is 19.1 Å². The average Bonchev–Trinajstić information content (AvgIpc) is 2.72. The topological polar surface area (TPSA) is 78.0 Å². The second-order valence-corrected chi connectivity index (χ2v) is 6.75. The van der Waals surface area contributed by atoms with Gasteiger partial charge in [-0.1, -0.05) is 11.6 Å². The Morgan fingerprint density at radius 1 is 1.18 bits per heavy atom. The number of benzene rings is 1. The fourth-order valence-electron chi connectivity index (χ4n) is 3.40. The molecule has 0 spiro atoms. The second-order valence-electron chi connectivity index (χ2n) is 6.31. The highest BCUT2D eigenvalue weighted by atomic mass is 35.5. The third-order valence-electron chi connectivity index (χ3n) is 4.79. The van der Waals surface area contributed by atoms with Gasteiger partial charge in [0.05, 0.1) is 33.8 Å². The van der Waals surface area contributed by atoms with E-state index in [0.29, 0.717) is 29.5 Å². The Labute approximate surface area is 168 Å². The van der Waals surface area contributed by atoms with Crippen molar-refractivity contribution in [1.29, 1.82) is 0 Å². The van der Waals surface area contributed by atoms with Crippen LogP contribution in [-0.2, 0) is 16.0 Å². The lowest BCUT2D eigenvalue weighted by Crippen LogP contribution is -2.41. The number of fused-ring (bicyclic) bond motifs is 1. The summed E-state index contributed by atoms with van der Waals surface area (Å²) in [6.07, 6.45) is 2.11. The monoisotopic (exact) mass is 404 g/mol. The zero-order chi connectivity index (χ0) is 20.3. The predicted molar refractivity (Wildman–Crippen MR) is 103 cm³/mol. The third-order valence-corrected chi connectivity index (χ3v) is 5.03. The number of carbonyl (C=O) groups excluding carboxylic acids is 2. The van der Waals surface area contributed by atoms with Crippen LogP contribution in [0, 0.1) is 0 Å². The maximum absolute atomic E-state index is 13.1. The van der Waals surface area contributed by atoms with E-state index in [1.54, 1.807) is 25.2 Å². The summed E-state index contributed by atoms with van der Waals surface area (Å²) in [4.78, 5) is 30.9. The van der Waals surface area contributed by atoms with E-state index in [4.69, 9.17) is 25.8 Å². The Bertz CT molecular complexity index is 902.